The van der Waals surface area contributed by atoms with Crippen LogP contribution in [0.15, 0.2) is 200 Å². The summed E-state index contributed by atoms with van der Waals surface area (Å²) in [6.07, 6.45) is 2.22. The van der Waals surface area contributed by atoms with Crippen LogP contribution in [0.2, 0.25) is 0 Å². The van der Waals surface area contributed by atoms with E-state index < -0.39 is 11.9 Å². The zero-order valence-corrected chi connectivity index (χ0v) is 42.0. The molecule has 0 unspecified atom stereocenters. The van der Waals surface area contributed by atoms with E-state index in [0.717, 1.165) is 83.5 Å². The third kappa shape index (κ3) is 15.4. The number of nitrogen functional groups attached to an aromatic ring is 1. The first kappa shape index (κ1) is 54.6. The van der Waals surface area contributed by atoms with Gasteiger partial charge in [-0.15, -0.1) is 0 Å². The molecule has 13 heteroatoms. The molecule has 0 saturated heterocycles. The van der Waals surface area contributed by atoms with Gasteiger partial charge in [-0.2, -0.15) is 0 Å². The zero-order chi connectivity index (χ0) is 55.0. The number of benzene rings is 9. The maximum atomic E-state index is 11.3. The third-order valence-corrected chi connectivity index (χ3v) is 12.6. The Balaban J connectivity index is 0.000000168. The van der Waals surface area contributed by atoms with Crippen LogP contribution < -0.4 is 22.9 Å². The van der Waals surface area contributed by atoms with Crippen LogP contribution in [0.5, 0.6) is 23.0 Å². The summed E-state index contributed by atoms with van der Waals surface area (Å²) in [6.45, 7) is 0. The number of carboxylic acid groups (broad SMARTS) is 1. The number of amides is 3. The Morgan fingerprint density at radius 3 is 0.948 bits per heavy atom. The summed E-state index contributed by atoms with van der Waals surface area (Å²) in [5.74, 6) is -1.31. The Labute approximate surface area is 446 Å². The van der Waals surface area contributed by atoms with Crippen molar-refractivity contribution < 1.29 is 44.7 Å². The molecule has 0 aliphatic carbocycles. The minimum atomic E-state index is -0.984. The summed E-state index contributed by atoms with van der Waals surface area (Å²) >= 11 is 0. The van der Waals surface area contributed by atoms with Crippen LogP contribution in [0.25, 0.3) is 66.8 Å². The van der Waals surface area contributed by atoms with Crippen molar-refractivity contribution in [2.24, 2.45) is 17.2 Å². The molecule has 0 heterocycles. The Morgan fingerprint density at radius 1 is 0.325 bits per heavy atom. The van der Waals surface area contributed by atoms with Crippen LogP contribution in [0, 0.1) is 0 Å². The molecule has 0 spiro atoms. The van der Waals surface area contributed by atoms with Crippen molar-refractivity contribution in [1.29, 1.82) is 0 Å². The average molecular weight is 1030 g/mol. The molecule has 0 aliphatic heterocycles. The Kier molecular flexibility index (Phi) is 18.2. The molecule has 0 bridgehead atoms. The number of anilines is 1. The van der Waals surface area contributed by atoms with Gasteiger partial charge in [-0.25, -0.2) is 4.79 Å². The predicted octanol–water partition coefficient (Wildman–Crippen LogP) is 11.4. The van der Waals surface area contributed by atoms with Crippen LogP contribution in [-0.4, -0.2) is 49.2 Å². The van der Waals surface area contributed by atoms with Crippen LogP contribution in [0.4, 0.5) is 5.69 Å². The zero-order valence-electron chi connectivity index (χ0n) is 42.0. The van der Waals surface area contributed by atoms with Gasteiger partial charge in [0, 0.05) is 24.9 Å². The summed E-state index contributed by atoms with van der Waals surface area (Å²) < 4.78 is 0. The van der Waals surface area contributed by atoms with E-state index in [0.29, 0.717) is 24.9 Å². The van der Waals surface area contributed by atoms with Gasteiger partial charge in [-0.3, -0.25) is 14.4 Å². The van der Waals surface area contributed by atoms with Gasteiger partial charge < -0.3 is 48.5 Å². The second-order valence-corrected chi connectivity index (χ2v) is 18.2. The first-order valence-electron chi connectivity index (χ1n) is 24.6. The van der Waals surface area contributed by atoms with Crippen LogP contribution >= 0.6 is 0 Å². The highest BCUT2D eigenvalue weighted by Gasteiger charge is 2.14. The lowest BCUT2D eigenvalue weighted by atomic mass is 9.92. The third-order valence-electron chi connectivity index (χ3n) is 12.6. The van der Waals surface area contributed by atoms with Crippen LogP contribution in [0.3, 0.4) is 0 Å². The highest BCUT2D eigenvalue weighted by Crippen LogP contribution is 2.35. The molecular weight excluding hydrogens is 969 g/mol. The van der Waals surface area contributed by atoms with Crippen molar-refractivity contribution in [3.05, 3.63) is 222 Å². The number of carbonyl (C=O) groups is 4. The molecule has 13 nitrogen and oxygen atoms in total. The smallest absolute Gasteiger partial charge is 0.335 e. The largest absolute Gasteiger partial charge is 0.508 e. The normalized spacial score (nSPS) is 10.5. The van der Waals surface area contributed by atoms with Gasteiger partial charge in [0.05, 0.1) is 5.56 Å². The fraction of sp³-hybridized carbons (Fsp3) is 0.0938. The molecule has 3 amide bonds. The minimum Gasteiger partial charge on any atom is -0.508 e. The van der Waals surface area contributed by atoms with Crippen molar-refractivity contribution in [3.8, 4) is 89.8 Å². The first-order chi connectivity index (χ1) is 37.0. The number of aromatic hydroxyl groups is 4. The molecule has 388 valence electrons. The highest BCUT2D eigenvalue weighted by atomic mass is 16.4. The molecule has 0 radical (unpaired) electrons. The number of nitrogens with two attached hydrogens (primary N) is 4. The summed E-state index contributed by atoms with van der Waals surface area (Å²) in [5, 5.41) is 48.2. The van der Waals surface area contributed by atoms with E-state index in [1.165, 1.54) is 0 Å². The average Bonchev–Trinajstić information content (AvgIpc) is 3.43. The SMILES string of the molecule is NC(=O)CCc1cc(-c2ccc(N)cc2)ccc1-c1cccc(O)c1.NC(=O)CCc1cc(-c2cccc(C(=O)O)c2)ccc1-c1cccc(O)c1.NC(=O)CCc1cc(-c2cccc(O)c2)ccc1-c1cccc(O)c1. The van der Waals surface area contributed by atoms with E-state index in [4.69, 9.17) is 22.9 Å². The van der Waals surface area contributed by atoms with E-state index in [1.807, 2.05) is 103 Å². The van der Waals surface area contributed by atoms with Crippen LogP contribution in [0.1, 0.15) is 46.3 Å². The fourth-order valence-electron chi connectivity index (χ4n) is 8.77. The molecule has 9 aromatic carbocycles. The number of aryl methyl sites for hydroxylation is 3. The number of aromatic carboxylic acids is 1. The number of rotatable bonds is 16. The second-order valence-electron chi connectivity index (χ2n) is 18.2. The molecule has 9 aromatic rings. The number of carbonyl (C=O) groups excluding carboxylic acids is 3. The van der Waals surface area contributed by atoms with Crippen molar-refractivity contribution in [3.63, 3.8) is 0 Å². The molecule has 0 fully saturated rings. The molecule has 0 saturated carbocycles. The lowest BCUT2D eigenvalue weighted by Gasteiger charge is -2.13. The molecule has 9 rings (SSSR count). The topological polar surface area (TPSA) is 274 Å². The predicted molar refractivity (Wildman–Crippen MR) is 303 cm³/mol. The number of hydrogen-bond donors (Lipinski definition) is 9. The van der Waals surface area contributed by atoms with Gasteiger partial charge >= 0.3 is 5.97 Å². The molecular formula is C64H58N4O9. The number of phenolic OH excluding ortho intramolecular Hbond substituents is 4. The van der Waals surface area contributed by atoms with Crippen molar-refractivity contribution in [2.45, 2.75) is 38.5 Å². The summed E-state index contributed by atoms with van der Waals surface area (Å²) in [6, 6.07) is 60.1. The second kappa shape index (κ2) is 25.7. The molecule has 0 aliphatic rings. The Bertz CT molecular complexity index is 3580. The quantitative estimate of drug-likeness (QED) is 0.0413. The number of phenols is 4. The summed E-state index contributed by atoms with van der Waals surface area (Å²) in [7, 11) is 0. The van der Waals surface area contributed by atoms with E-state index >= 15 is 0 Å². The molecule has 0 atom stereocenters. The van der Waals surface area contributed by atoms with E-state index in [-0.39, 0.29) is 59.6 Å². The molecule has 0 aromatic heterocycles. The van der Waals surface area contributed by atoms with E-state index in [1.54, 1.807) is 91.0 Å². The van der Waals surface area contributed by atoms with Gasteiger partial charge in [0.25, 0.3) is 0 Å². The monoisotopic (exact) mass is 1030 g/mol. The lowest BCUT2D eigenvalue weighted by Crippen LogP contribution is -2.11. The Hall–Kier alpha value is -10.1. The Morgan fingerprint density at radius 2 is 0.610 bits per heavy atom. The van der Waals surface area contributed by atoms with Crippen LogP contribution in [-0.2, 0) is 33.6 Å². The fourth-order valence-corrected chi connectivity index (χ4v) is 8.77. The number of hydrogen-bond acceptors (Lipinski definition) is 9. The highest BCUT2D eigenvalue weighted by molar-refractivity contribution is 5.90. The molecule has 13 N–H and O–H groups in total. The standard InChI is InChI=1S/C22H19NO4.C21H20N2O2.C21H19NO3/c23-21(25)10-8-17-11-15(14-3-1-5-18(12-14)22(26)27)7-9-20(17)16-4-2-6-19(24)13-16;22-18-8-4-14(5-9-18)15-6-10-20(16-2-1-3-19(24)13-16)17(12-15)7-11-21(23)25;22-21(25)10-8-17-11-15(14-3-1-5-18(23)12-14)7-9-20(17)16-4-2-6-19(24)13-16/h1-7,9,11-13,24H,8,10H2,(H2,23,25)(H,26,27);1-6,8-10,12-13,24H,7,11,22H2,(H2,23,25);1-7,9,11-13,23-24H,8,10H2,(H2,22,25). The number of primary amides is 3. The minimum absolute atomic E-state index is 0.159. The maximum Gasteiger partial charge on any atom is 0.335 e. The number of carboxylic acids is 1. The van der Waals surface area contributed by atoms with Gasteiger partial charge in [-0.1, -0.05) is 127 Å². The van der Waals surface area contributed by atoms with Gasteiger partial charge in [0.15, 0.2) is 0 Å². The first-order valence-corrected chi connectivity index (χ1v) is 24.6. The van der Waals surface area contributed by atoms with Crippen molar-refractivity contribution in [2.75, 3.05) is 5.73 Å². The lowest BCUT2D eigenvalue weighted by molar-refractivity contribution is -0.118. The maximum absolute atomic E-state index is 11.3. The summed E-state index contributed by atoms with van der Waals surface area (Å²) in [4.78, 5) is 44.9. The van der Waals surface area contributed by atoms with Gasteiger partial charge in [0.1, 0.15) is 23.0 Å². The van der Waals surface area contributed by atoms with Crippen molar-refractivity contribution >= 4 is 29.4 Å². The van der Waals surface area contributed by atoms with E-state index in [2.05, 4.69) is 6.07 Å². The van der Waals surface area contributed by atoms with Gasteiger partial charge in [-0.05, 0) is 176 Å². The van der Waals surface area contributed by atoms with E-state index in [9.17, 15) is 44.7 Å². The van der Waals surface area contributed by atoms with Gasteiger partial charge in [0.2, 0.25) is 17.7 Å². The van der Waals surface area contributed by atoms with Crippen molar-refractivity contribution in [1.82, 2.24) is 0 Å². The molecule has 77 heavy (non-hydrogen) atoms. The summed E-state index contributed by atoms with van der Waals surface area (Å²) in [5.41, 5.74) is 36.5.